The summed E-state index contributed by atoms with van der Waals surface area (Å²) in [6, 6.07) is 21.9. The van der Waals surface area contributed by atoms with E-state index in [9.17, 15) is 10.1 Å². The number of esters is 1. The number of ether oxygens (including phenoxy) is 4. The minimum atomic E-state index is -0.559. The van der Waals surface area contributed by atoms with E-state index in [0.29, 0.717) is 22.8 Å². The van der Waals surface area contributed by atoms with Crippen molar-refractivity contribution in [3.8, 4) is 29.1 Å². The van der Waals surface area contributed by atoms with Crippen molar-refractivity contribution in [1.29, 1.82) is 5.26 Å². The van der Waals surface area contributed by atoms with E-state index in [1.165, 1.54) is 0 Å². The van der Waals surface area contributed by atoms with Gasteiger partial charge in [-0.05, 0) is 30.7 Å². The average Bonchev–Trinajstić information content (AvgIpc) is 2.82. The number of hydrogen-bond donors (Lipinski definition) is 1. The SMILES string of the molecule is COc1ccccc1C1C(C#N)=C(N)Oc2cc(OC(=O)COc3ccccc3C)ccc21. The summed E-state index contributed by atoms with van der Waals surface area (Å²) in [6.07, 6.45) is 0. The minimum absolute atomic E-state index is 0.00716. The van der Waals surface area contributed by atoms with Crippen molar-refractivity contribution in [2.45, 2.75) is 12.8 Å². The molecular formula is C26H22N2O5. The van der Waals surface area contributed by atoms with Crippen molar-refractivity contribution in [1.82, 2.24) is 0 Å². The predicted molar refractivity (Wildman–Crippen MR) is 121 cm³/mol. The van der Waals surface area contributed by atoms with E-state index in [-0.39, 0.29) is 23.8 Å². The lowest BCUT2D eigenvalue weighted by atomic mass is 9.83. The van der Waals surface area contributed by atoms with Gasteiger partial charge in [-0.2, -0.15) is 5.26 Å². The summed E-state index contributed by atoms with van der Waals surface area (Å²) < 4.78 is 22.2. The van der Waals surface area contributed by atoms with Gasteiger partial charge >= 0.3 is 5.97 Å². The van der Waals surface area contributed by atoms with Crippen molar-refractivity contribution in [2.75, 3.05) is 13.7 Å². The Bertz CT molecular complexity index is 1280. The summed E-state index contributed by atoms with van der Waals surface area (Å²) in [6.45, 7) is 1.65. The molecule has 3 aromatic rings. The van der Waals surface area contributed by atoms with Crippen LogP contribution in [-0.2, 0) is 4.79 Å². The molecule has 2 N–H and O–H groups in total. The Morgan fingerprint density at radius 2 is 1.79 bits per heavy atom. The first-order valence-electron chi connectivity index (χ1n) is 10.3. The lowest BCUT2D eigenvalue weighted by Gasteiger charge is -2.27. The van der Waals surface area contributed by atoms with Gasteiger partial charge in [-0.1, -0.05) is 42.5 Å². The summed E-state index contributed by atoms with van der Waals surface area (Å²) in [5.74, 6) is 0.865. The number of methoxy groups -OCH3 is 1. The number of benzene rings is 3. The molecule has 1 atom stereocenters. The second kappa shape index (κ2) is 9.37. The molecule has 0 fully saturated rings. The van der Waals surface area contributed by atoms with Crippen molar-refractivity contribution < 1.29 is 23.7 Å². The first-order chi connectivity index (χ1) is 16.0. The van der Waals surface area contributed by atoms with Crippen LogP contribution in [0.15, 0.2) is 78.2 Å². The lowest BCUT2D eigenvalue weighted by Crippen LogP contribution is -2.22. The number of rotatable bonds is 6. The van der Waals surface area contributed by atoms with Gasteiger partial charge in [0.05, 0.1) is 13.0 Å². The molecule has 1 aliphatic heterocycles. The van der Waals surface area contributed by atoms with Crippen molar-refractivity contribution in [2.24, 2.45) is 5.73 Å². The molecule has 1 heterocycles. The molecule has 0 radical (unpaired) electrons. The van der Waals surface area contributed by atoms with E-state index < -0.39 is 11.9 Å². The standard InChI is InChI=1S/C26H22N2O5/c1-16-7-3-5-9-21(16)31-15-24(29)32-17-11-12-19-23(13-17)33-26(28)20(14-27)25(19)18-8-4-6-10-22(18)30-2/h3-13,25H,15,28H2,1-2H3. The molecule has 4 rings (SSSR count). The quantitative estimate of drug-likeness (QED) is 0.450. The number of nitrogens with two attached hydrogens (primary N) is 1. The Hall–Kier alpha value is -4.44. The first kappa shape index (κ1) is 21.8. The van der Waals surface area contributed by atoms with E-state index in [1.807, 2.05) is 49.4 Å². The second-order valence-electron chi connectivity index (χ2n) is 7.39. The largest absolute Gasteiger partial charge is 0.496 e. The Labute approximate surface area is 191 Å². The maximum Gasteiger partial charge on any atom is 0.349 e. The third-order valence-electron chi connectivity index (χ3n) is 5.31. The first-order valence-corrected chi connectivity index (χ1v) is 10.3. The van der Waals surface area contributed by atoms with Gasteiger partial charge in [0.1, 0.15) is 34.6 Å². The summed E-state index contributed by atoms with van der Waals surface area (Å²) in [7, 11) is 1.57. The molecule has 0 saturated carbocycles. The Morgan fingerprint density at radius 3 is 2.52 bits per heavy atom. The Balaban J connectivity index is 1.58. The van der Waals surface area contributed by atoms with E-state index >= 15 is 0 Å². The number of nitrogens with zero attached hydrogens (tertiary/aromatic N) is 1. The van der Waals surface area contributed by atoms with E-state index in [4.69, 9.17) is 24.7 Å². The van der Waals surface area contributed by atoms with Gasteiger partial charge in [0, 0.05) is 17.2 Å². The fourth-order valence-corrected chi connectivity index (χ4v) is 3.74. The van der Waals surface area contributed by atoms with Crippen LogP contribution in [0, 0.1) is 18.3 Å². The molecule has 7 heteroatoms. The fourth-order valence-electron chi connectivity index (χ4n) is 3.74. The summed E-state index contributed by atoms with van der Waals surface area (Å²) in [4.78, 5) is 12.3. The number of carbonyl (C=O) groups excluding carboxylic acids is 1. The van der Waals surface area contributed by atoms with Crippen LogP contribution in [-0.4, -0.2) is 19.7 Å². The highest BCUT2D eigenvalue weighted by Crippen LogP contribution is 2.45. The van der Waals surface area contributed by atoms with Gasteiger partial charge in [0.2, 0.25) is 5.88 Å². The van der Waals surface area contributed by atoms with Gasteiger partial charge < -0.3 is 24.7 Å². The highest BCUT2D eigenvalue weighted by atomic mass is 16.6. The van der Waals surface area contributed by atoms with Gasteiger partial charge in [-0.3, -0.25) is 0 Å². The average molecular weight is 442 g/mol. The molecule has 1 aliphatic rings. The normalized spacial score (nSPS) is 14.5. The van der Waals surface area contributed by atoms with Crippen LogP contribution < -0.4 is 24.7 Å². The molecule has 0 aromatic heterocycles. The minimum Gasteiger partial charge on any atom is -0.496 e. The molecule has 0 amide bonds. The highest BCUT2D eigenvalue weighted by molar-refractivity contribution is 5.74. The summed E-state index contributed by atoms with van der Waals surface area (Å²) in [5.41, 5.74) is 8.76. The maximum atomic E-state index is 12.3. The zero-order valence-electron chi connectivity index (χ0n) is 18.2. The number of aryl methyl sites for hydroxylation is 1. The molecule has 166 valence electrons. The third-order valence-corrected chi connectivity index (χ3v) is 5.31. The van der Waals surface area contributed by atoms with Gasteiger partial charge in [-0.15, -0.1) is 0 Å². The van der Waals surface area contributed by atoms with Crippen LogP contribution in [0.25, 0.3) is 0 Å². The third kappa shape index (κ3) is 4.46. The number of para-hydroxylation sites is 2. The van der Waals surface area contributed by atoms with Gasteiger partial charge in [-0.25, -0.2) is 4.79 Å². The van der Waals surface area contributed by atoms with Gasteiger partial charge in [0.15, 0.2) is 6.61 Å². The molecule has 0 spiro atoms. The highest BCUT2D eigenvalue weighted by Gasteiger charge is 2.32. The Kier molecular flexibility index (Phi) is 6.18. The molecule has 3 aromatic carbocycles. The van der Waals surface area contributed by atoms with Crippen LogP contribution >= 0.6 is 0 Å². The van der Waals surface area contributed by atoms with Crippen molar-refractivity contribution >= 4 is 5.97 Å². The van der Waals surface area contributed by atoms with Crippen LogP contribution in [0.5, 0.6) is 23.0 Å². The lowest BCUT2D eigenvalue weighted by molar-refractivity contribution is -0.136. The van der Waals surface area contributed by atoms with Gasteiger partial charge in [0.25, 0.3) is 0 Å². The van der Waals surface area contributed by atoms with Crippen molar-refractivity contribution in [3.63, 3.8) is 0 Å². The van der Waals surface area contributed by atoms with Crippen LogP contribution in [0.4, 0.5) is 0 Å². The number of nitriles is 1. The van der Waals surface area contributed by atoms with Crippen LogP contribution in [0.2, 0.25) is 0 Å². The number of carbonyl (C=O) groups is 1. The van der Waals surface area contributed by atoms with E-state index in [0.717, 1.165) is 11.1 Å². The second-order valence-corrected chi connectivity index (χ2v) is 7.39. The summed E-state index contributed by atoms with van der Waals surface area (Å²) >= 11 is 0. The molecule has 33 heavy (non-hydrogen) atoms. The zero-order chi connectivity index (χ0) is 23.4. The zero-order valence-corrected chi connectivity index (χ0v) is 18.2. The molecule has 7 nitrogen and oxygen atoms in total. The van der Waals surface area contributed by atoms with Crippen LogP contribution in [0.1, 0.15) is 22.6 Å². The predicted octanol–water partition coefficient (Wildman–Crippen LogP) is 4.21. The van der Waals surface area contributed by atoms with E-state index in [2.05, 4.69) is 6.07 Å². The molecular weight excluding hydrogens is 420 g/mol. The fraction of sp³-hybridized carbons (Fsp3) is 0.154. The molecule has 1 unspecified atom stereocenters. The molecule has 0 aliphatic carbocycles. The monoisotopic (exact) mass is 442 g/mol. The Morgan fingerprint density at radius 1 is 1.06 bits per heavy atom. The molecule has 0 bridgehead atoms. The van der Waals surface area contributed by atoms with Crippen molar-refractivity contribution in [3.05, 3.63) is 94.9 Å². The number of fused-ring (bicyclic) bond motifs is 1. The topological polar surface area (TPSA) is 104 Å². The maximum absolute atomic E-state index is 12.3. The smallest absolute Gasteiger partial charge is 0.349 e. The summed E-state index contributed by atoms with van der Waals surface area (Å²) in [5, 5.41) is 9.74. The van der Waals surface area contributed by atoms with Crippen LogP contribution in [0.3, 0.4) is 0 Å². The number of allylic oxidation sites excluding steroid dienone is 1. The number of hydrogen-bond acceptors (Lipinski definition) is 7. The molecule has 0 saturated heterocycles. The van der Waals surface area contributed by atoms with E-state index in [1.54, 1.807) is 31.4 Å².